The van der Waals surface area contributed by atoms with Crippen LogP contribution in [0, 0.1) is 0 Å². The van der Waals surface area contributed by atoms with Crippen LogP contribution in [0.2, 0.25) is 0 Å². The number of nitrogens with zero attached hydrogens (tertiary/aromatic N) is 1. The molecule has 2 aliphatic rings. The number of aliphatic carboxylic acids is 1. The number of carboxylic acids is 1. The van der Waals surface area contributed by atoms with Gasteiger partial charge in [0.1, 0.15) is 0 Å². The molecule has 2 saturated heterocycles. The number of carbonyl (C=O) groups is 2. The molecular formula is C18H23NO4. The summed E-state index contributed by atoms with van der Waals surface area (Å²) in [6.07, 6.45) is 3.36. The van der Waals surface area contributed by atoms with Crippen molar-refractivity contribution < 1.29 is 19.4 Å². The van der Waals surface area contributed by atoms with E-state index in [9.17, 15) is 14.7 Å². The fraction of sp³-hybridized carbons (Fsp3) is 0.556. The van der Waals surface area contributed by atoms with Gasteiger partial charge in [0.15, 0.2) is 0 Å². The first-order valence-electron chi connectivity index (χ1n) is 8.30. The maximum absolute atomic E-state index is 12.4. The van der Waals surface area contributed by atoms with E-state index in [1.54, 1.807) is 4.90 Å². The highest BCUT2D eigenvalue weighted by molar-refractivity contribution is 5.83. The van der Waals surface area contributed by atoms with Crippen LogP contribution in [-0.2, 0) is 19.7 Å². The van der Waals surface area contributed by atoms with Crippen LogP contribution in [0.4, 0.5) is 0 Å². The lowest BCUT2D eigenvalue weighted by Crippen LogP contribution is -2.49. The third-order valence-electron chi connectivity index (χ3n) is 5.13. The van der Waals surface area contributed by atoms with Crippen molar-refractivity contribution >= 4 is 11.9 Å². The lowest BCUT2D eigenvalue weighted by atomic mass is 9.73. The molecule has 5 heteroatoms. The number of rotatable bonds is 4. The Bertz CT molecular complexity index is 558. The molecule has 0 aliphatic carbocycles. The Kier molecular flexibility index (Phi) is 4.66. The summed E-state index contributed by atoms with van der Waals surface area (Å²) in [4.78, 5) is 26.1. The summed E-state index contributed by atoms with van der Waals surface area (Å²) in [5.41, 5.74) is -0.0410. The number of amides is 1. The first-order chi connectivity index (χ1) is 11.1. The van der Waals surface area contributed by atoms with Crippen molar-refractivity contribution in [2.24, 2.45) is 0 Å². The summed E-state index contributed by atoms with van der Waals surface area (Å²) >= 11 is 0. The Labute approximate surface area is 136 Å². The SMILES string of the molecule is O=C(CC1CCCO1)N1CCC(C(=O)O)(c2ccccc2)CC1. The molecule has 0 bridgehead atoms. The summed E-state index contributed by atoms with van der Waals surface area (Å²) in [6, 6.07) is 9.37. The van der Waals surface area contributed by atoms with Gasteiger partial charge in [-0.15, -0.1) is 0 Å². The van der Waals surface area contributed by atoms with Gasteiger partial charge in [-0.25, -0.2) is 0 Å². The second-order valence-electron chi connectivity index (χ2n) is 6.47. The third kappa shape index (κ3) is 3.24. The molecule has 2 fully saturated rings. The second-order valence-corrected chi connectivity index (χ2v) is 6.47. The molecule has 2 heterocycles. The monoisotopic (exact) mass is 317 g/mol. The van der Waals surface area contributed by atoms with Crippen LogP contribution < -0.4 is 0 Å². The van der Waals surface area contributed by atoms with Crippen LogP contribution in [0.3, 0.4) is 0 Å². The van der Waals surface area contributed by atoms with E-state index in [-0.39, 0.29) is 12.0 Å². The lowest BCUT2D eigenvalue weighted by Gasteiger charge is -2.39. The average Bonchev–Trinajstić information content (AvgIpc) is 3.08. The molecule has 1 atom stereocenters. The molecule has 5 nitrogen and oxygen atoms in total. The Morgan fingerprint density at radius 1 is 1.22 bits per heavy atom. The zero-order chi connectivity index (χ0) is 16.3. The smallest absolute Gasteiger partial charge is 0.314 e. The molecule has 0 saturated carbocycles. The van der Waals surface area contributed by atoms with Crippen molar-refractivity contribution in [3.8, 4) is 0 Å². The van der Waals surface area contributed by atoms with Gasteiger partial charge in [-0.3, -0.25) is 9.59 Å². The standard InChI is InChI=1S/C18H23NO4/c20-16(13-15-7-4-12-23-15)19-10-8-18(9-11-19,17(21)22)14-5-2-1-3-6-14/h1-3,5-6,15H,4,7-13H2,(H,21,22). The Morgan fingerprint density at radius 2 is 1.91 bits per heavy atom. The maximum atomic E-state index is 12.4. The molecular weight excluding hydrogens is 294 g/mol. The van der Waals surface area contributed by atoms with Crippen LogP contribution >= 0.6 is 0 Å². The molecule has 1 unspecified atom stereocenters. The molecule has 1 aromatic carbocycles. The lowest BCUT2D eigenvalue weighted by molar-refractivity contribution is -0.148. The average molecular weight is 317 g/mol. The zero-order valence-electron chi connectivity index (χ0n) is 13.2. The van der Waals surface area contributed by atoms with E-state index < -0.39 is 11.4 Å². The van der Waals surface area contributed by atoms with E-state index in [1.807, 2.05) is 30.3 Å². The number of carbonyl (C=O) groups excluding carboxylic acids is 1. The predicted octanol–water partition coefficient (Wildman–Crippen LogP) is 2.20. The maximum Gasteiger partial charge on any atom is 0.314 e. The molecule has 0 radical (unpaired) electrons. The van der Waals surface area contributed by atoms with Crippen molar-refractivity contribution in [1.29, 1.82) is 0 Å². The fourth-order valence-corrected chi connectivity index (χ4v) is 3.65. The van der Waals surface area contributed by atoms with Crippen molar-refractivity contribution in [3.63, 3.8) is 0 Å². The minimum Gasteiger partial charge on any atom is -0.481 e. The minimum atomic E-state index is -0.873. The number of ether oxygens (including phenoxy) is 1. The van der Waals surface area contributed by atoms with E-state index >= 15 is 0 Å². The number of likely N-dealkylation sites (tertiary alicyclic amines) is 1. The van der Waals surface area contributed by atoms with E-state index in [4.69, 9.17) is 4.74 Å². The van der Waals surface area contributed by atoms with Crippen molar-refractivity contribution in [2.45, 2.75) is 43.6 Å². The van der Waals surface area contributed by atoms with E-state index in [0.717, 1.165) is 25.0 Å². The Hall–Kier alpha value is -1.88. The Balaban J connectivity index is 1.65. The van der Waals surface area contributed by atoms with E-state index in [1.165, 1.54) is 0 Å². The fourth-order valence-electron chi connectivity index (χ4n) is 3.65. The molecule has 0 aromatic heterocycles. The van der Waals surface area contributed by atoms with Crippen LogP contribution in [0.25, 0.3) is 0 Å². The molecule has 1 N–H and O–H groups in total. The van der Waals surface area contributed by atoms with Crippen LogP contribution in [0.5, 0.6) is 0 Å². The highest BCUT2D eigenvalue weighted by Gasteiger charge is 2.43. The minimum absolute atomic E-state index is 0.0442. The molecule has 3 rings (SSSR count). The topological polar surface area (TPSA) is 66.8 Å². The van der Waals surface area contributed by atoms with Gasteiger partial charge in [-0.05, 0) is 31.2 Å². The van der Waals surface area contributed by atoms with Gasteiger partial charge >= 0.3 is 5.97 Å². The summed E-state index contributed by atoms with van der Waals surface area (Å²) in [7, 11) is 0. The molecule has 23 heavy (non-hydrogen) atoms. The summed E-state index contributed by atoms with van der Waals surface area (Å²) in [5, 5.41) is 9.77. The number of benzene rings is 1. The quantitative estimate of drug-likeness (QED) is 0.924. The van der Waals surface area contributed by atoms with Crippen molar-refractivity contribution in [1.82, 2.24) is 4.90 Å². The summed E-state index contributed by atoms with van der Waals surface area (Å²) < 4.78 is 5.52. The largest absolute Gasteiger partial charge is 0.481 e. The molecule has 1 aromatic rings. The second kappa shape index (κ2) is 6.71. The van der Waals surface area contributed by atoms with Gasteiger partial charge in [-0.2, -0.15) is 0 Å². The van der Waals surface area contributed by atoms with Gasteiger partial charge in [0, 0.05) is 19.7 Å². The van der Waals surface area contributed by atoms with Gasteiger partial charge in [-0.1, -0.05) is 30.3 Å². The van der Waals surface area contributed by atoms with Crippen LogP contribution in [-0.4, -0.2) is 47.7 Å². The third-order valence-corrected chi connectivity index (χ3v) is 5.13. The molecule has 124 valence electrons. The van der Waals surface area contributed by atoms with Gasteiger partial charge in [0.05, 0.1) is 17.9 Å². The van der Waals surface area contributed by atoms with E-state index in [0.29, 0.717) is 32.4 Å². The van der Waals surface area contributed by atoms with Crippen LogP contribution in [0.15, 0.2) is 30.3 Å². The molecule has 2 aliphatic heterocycles. The van der Waals surface area contributed by atoms with Crippen molar-refractivity contribution in [3.05, 3.63) is 35.9 Å². The highest BCUT2D eigenvalue weighted by Crippen LogP contribution is 2.36. The van der Waals surface area contributed by atoms with Crippen LogP contribution in [0.1, 0.15) is 37.7 Å². The number of piperidine rings is 1. The Morgan fingerprint density at radius 3 is 2.48 bits per heavy atom. The number of hydrogen-bond acceptors (Lipinski definition) is 3. The normalized spacial score (nSPS) is 23.7. The number of hydrogen-bond donors (Lipinski definition) is 1. The summed E-state index contributed by atoms with van der Waals surface area (Å²) in [5.74, 6) is -0.709. The van der Waals surface area contributed by atoms with E-state index in [2.05, 4.69) is 0 Å². The van der Waals surface area contributed by atoms with Crippen molar-refractivity contribution in [2.75, 3.05) is 19.7 Å². The summed E-state index contributed by atoms with van der Waals surface area (Å²) in [6.45, 7) is 1.73. The highest BCUT2D eigenvalue weighted by atomic mass is 16.5. The number of carboxylic acid groups (broad SMARTS) is 1. The molecule has 1 amide bonds. The first-order valence-corrected chi connectivity index (χ1v) is 8.30. The molecule has 0 spiro atoms. The predicted molar refractivity (Wildman–Crippen MR) is 85.2 cm³/mol. The zero-order valence-corrected chi connectivity index (χ0v) is 13.2. The van der Waals surface area contributed by atoms with Gasteiger partial charge in [0.2, 0.25) is 5.91 Å². The first kappa shape index (κ1) is 16.0. The van der Waals surface area contributed by atoms with Gasteiger partial charge in [0.25, 0.3) is 0 Å². The van der Waals surface area contributed by atoms with Gasteiger partial charge < -0.3 is 14.7 Å².